The number of aliphatic hydroxyl groups is 1. The second kappa shape index (κ2) is 5.26. The summed E-state index contributed by atoms with van der Waals surface area (Å²) in [5, 5.41) is 22.9. The van der Waals surface area contributed by atoms with Gasteiger partial charge in [0.2, 0.25) is 0 Å². The highest BCUT2D eigenvalue weighted by Gasteiger charge is 2.31. The molecule has 3 heterocycles. The number of fused-ring (bicyclic) bond motifs is 1. The number of anilines is 1. The van der Waals surface area contributed by atoms with Gasteiger partial charge in [-0.2, -0.15) is 5.10 Å². The van der Waals surface area contributed by atoms with Crippen LogP contribution >= 0.6 is 0 Å². The Morgan fingerprint density at radius 3 is 2.92 bits per heavy atom. The number of rotatable bonds is 2. The highest BCUT2D eigenvalue weighted by Crippen LogP contribution is 2.29. The van der Waals surface area contributed by atoms with Crippen LogP contribution in [0.15, 0.2) is 41.1 Å². The average Bonchev–Trinajstić information content (AvgIpc) is 3.10. The maximum atomic E-state index is 13.4. The standard InChI is InChI=1S/C16H13FN6O2/c1-22-6-9(5-19-22)23-7-12(24)13(14(23)18)15-20-11-4-8(17)2-3-10(11)16(25)21-15/h2-6,18,24H,7H2,1H3,(H,20,21,25). The Morgan fingerprint density at radius 1 is 1.40 bits per heavy atom. The van der Waals surface area contributed by atoms with E-state index < -0.39 is 11.4 Å². The summed E-state index contributed by atoms with van der Waals surface area (Å²) in [5.74, 6) is -0.623. The molecule has 0 saturated heterocycles. The van der Waals surface area contributed by atoms with Gasteiger partial charge in [-0.05, 0) is 12.1 Å². The Kier molecular flexibility index (Phi) is 3.17. The summed E-state index contributed by atoms with van der Waals surface area (Å²) in [6.45, 7) is 0.0603. The van der Waals surface area contributed by atoms with Gasteiger partial charge in [-0.25, -0.2) is 9.37 Å². The third-order valence-corrected chi connectivity index (χ3v) is 4.01. The van der Waals surface area contributed by atoms with Crippen LogP contribution in [0.5, 0.6) is 0 Å². The number of hydrogen-bond acceptors (Lipinski definition) is 5. The molecule has 126 valence electrons. The summed E-state index contributed by atoms with van der Waals surface area (Å²) in [6, 6.07) is 3.66. The summed E-state index contributed by atoms with van der Waals surface area (Å²) in [5.41, 5.74) is 0.426. The van der Waals surface area contributed by atoms with Crippen LogP contribution in [0.3, 0.4) is 0 Å². The van der Waals surface area contributed by atoms with Crippen molar-refractivity contribution in [3.8, 4) is 0 Å². The van der Waals surface area contributed by atoms with Gasteiger partial charge >= 0.3 is 0 Å². The van der Waals surface area contributed by atoms with E-state index in [2.05, 4.69) is 15.1 Å². The van der Waals surface area contributed by atoms with Gasteiger partial charge in [-0.3, -0.25) is 14.9 Å². The van der Waals surface area contributed by atoms with Crippen molar-refractivity contribution in [3.05, 3.63) is 58.3 Å². The number of amidine groups is 1. The highest BCUT2D eigenvalue weighted by molar-refractivity contribution is 6.30. The van der Waals surface area contributed by atoms with Crippen molar-refractivity contribution in [1.82, 2.24) is 19.7 Å². The Balaban J connectivity index is 1.81. The van der Waals surface area contributed by atoms with E-state index in [1.807, 2.05) is 0 Å². The largest absolute Gasteiger partial charge is 0.509 e. The quantitative estimate of drug-likeness (QED) is 0.656. The minimum absolute atomic E-state index is 0.0237. The number of benzene rings is 1. The lowest BCUT2D eigenvalue weighted by Crippen LogP contribution is -2.26. The van der Waals surface area contributed by atoms with Crippen LogP contribution in [-0.4, -0.2) is 37.2 Å². The summed E-state index contributed by atoms with van der Waals surface area (Å²) < 4.78 is 15.0. The number of aliphatic hydroxyl groups excluding tert-OH is 1. The Bertz CT molecular complexity index is 1110. The average molecular weight is 340 g/mol. The molecule has 3 aromatic rings. The molecule has 3 N–H and O–H groups in total. The first-order valence-corrected chi connectivity index (χ1v) is 7.41. The number of aromatic amines is 1. The first-order chi connectivity index (χ1) is 11.9. The number of halogens is 1. The van der Waals surface area contributed by atoms with Gasteiger partial charge in [0, 0.05) is 19.3 Å². The molecular weight excluding hydrogens is 327 g/mol. The lowest BCUT2D eigenvalue weighted by atomic mass is 10.2. The molecule has 2 aromatic heterocycles. The Morgan fingerprint density at radius 2 is 2.20 bits per heavy atom. The van der Waals surface area contributed by atoms with E-state index >= 15 is 0 Å². The van der Waals surface area contributed by atoms with Crippen molar-refractivity contribution in [2.75, 3.05) is 11.4 Å². The molecule has 1 aliphatic rings. The van der Waals surface area contributed by atoms with Crippen molar-refractivity contribution in [2.24, 2.45) is 7.05 Å². The molecule has 0 unspecified atom stereocenters. The predicted octanol–water partition coefficient (Wildman–Crippen LogP) is 1.56. The van der Waals surface area contributed by atoms with E-state index in [-0.39, 0.29) is 40.4 Å². The van der Waals surface area contributed by atoms with Crippen LogP contribution in [0, 0.1) is 11.2 Å². The van der Waals surface area contributed by atoms with Crippen molar-refractivity contribution >= 4 is 28.0 Å². The molecule has 0 saturated carbocycles. The fraction of sp³-hybridized carbons (Fsp3) is 0.125. The second-order valence-corrected chi connectivity index (χ2v) is 5.70. The van der Waals surface area contributed by atoms with E-state index in [9.17, 15) is 14.3 Å². The molecule has 0 fully saturated rings. The molecule has 0 atom stereocenters. The van der Waals surface area contributed by atoms with E-state index in [0.717, 1.165) is 6.07 Å². The zero-order valence-electron chi connectivity index (χ0n) is 13.1. The number of nitrogens with zero attached hydrogens (tertiary/aromatic N) is 4. The van der Waals surface area contributed by atoms with E-state index in [0.29, 0.717) is 5.69 Å². The van der Waals surface area contributed by atoms with Crippen LogP contribution in [-0.2, 0) is 7.05 Å². The molecule has 0 aliphatic carbocycles. The van der Waals surface area contributed by atoms with Crippen LogP contribution in [0.4, 0.5) is 10.1 Å². The van der Waals surface area contributed by atoms with Crippen molar-refractivity contribution in [2.45, 2.75) is 0 Å². The van der Waals surface area contributed by atoms with E-state index in [1.54, 1.807) is 24.1 Å². The maximum Gasteiger partial charge on any atom is 0.259 e. The summed E-state index contributed by atoms with van der Waals surface area (Å²) in [6.07, 6.45) is 3.27. The molecule has 4 rings (SSSR count). The smallest absolute Gasteiger partial charge is 0.259 e. The van der Waals surface area contributed by atoms with Gasteiger partial charge < -0.3 is 15.0 Å². The topological polar surface area (TPSA) is 111 Å². The zero-order valence-corrected chi connectivity index (χ0v) is 13.1. The molecule has 1 aromatic carbocycles. The van der Waals surface area contributed by atoms with Crippen molar-refractivity contribution < 1.29 is 9.50 Å². The zero-order chi connectivity index (χ0) is 17.7. The van der Waals surface area contributed by atoms with Crippen LogP contribution in [0.2, 0.25) is 0 Å². The molecule has 0 bridgehead atoms. The Hall–Kier alpha value is -3.49. The number of hydrogen-bond donors (Lipinski definition) is 3. The van der Waals surface area contributed by atoms with Gasteiger partial charge in [-0.1, -0.05) is 0 Å². The summed E-state index contributed by atoms with van der Waals surface area (Å²) in [7, 11) is 1.74. The molecule has 25 heavy (non-hydrogen) atoms. The predicted molar refractivity (Wildman–Crippen MR) is 90.2 cm³/mol. The van der Waals surface area contributed by atoms with E-state index in [4.69, 9.17) is 5.41 Å². The number of aryl methyl sites for hydroxylation is 1. The van der Waals surface area contributed by atoms with Gasteiger partial charge in [-0.15, -0.1) is 0 Å². The molecule has 0 amide bonds. The van der Waals surface area contributed by atoms with Crippen molar-refractivity contribution in [1.29, 1.82) is 5.41 Å². The molecule has 9 heteroatoms. The molecule has 1 aliphatic heterocycles. The second-order valence-electron chi connectivity index (χ2n) is 5.70. The minimum atomic E-state index is -0.520. The van der Waals surface area contributed by atoms with Crippen molar-refractivity contribution in [3.63, 3.8) is 0 Å². The van der Waals surface area contributed by atoms with Gasteiger partial charge in [0.15, 0.2) is 0 Å². The van der Waals surface area contributed by atoms with Gasteiger partial charge in [0.25, 0.3) is 5.56 Å². The molecular formula is C16H13FN6O2. The van der Waals surface area contributed by atoms with Gasteiger partial charge in [0.1, 0.15) is 23.2 Å². The van der Waals surface area contributed by atoms with Gasteiger partial charge in [0.05, 0.1) is 34.9 Å². The lowest BCUT2D eigenvalue weighted by Gasteiger charge is -2.16. The molecule has 8 nitrogen and oxygen atoms in total. The monoisotopic (exact) mass is 340 g/mol. The number of nitrogens with one attached hydrogen (secondary N) is 2. The molecule has 0 radical (unpaired) electrons. The fourth-order valence-corrected chi connectivity index (χ4v) is 2.83. The maximum absolute atomic E-state index is 13.4. The van der Waals surface area contributed by atoms with Crippen LogP contribution in [0.25, 0.3) is 16.5 Å². The highest BCUT2D eigenvalue weighted by atomic mass is 19.1. The number of aromatic nitrogens is 4. The normalized spacial score (nSPS) is 14.8. The Labute approximate surface area is 140 Å². The third-order valence-electron chi connectivity index (χ3n) is 4.01. The molecule has 0 spiro atoms. The van der Waals surface area contributed by atoms with Crippen LogP contribution in [0.1, 0.15) is 5.82 Å². The minimum Gasteiger partial charge on any atom is -0.509 e. The fourth-order valence-electron chi connectivity index (χ4n) is 2.83. The van der Waals surface area contributed by atoms with E-state index in [1.165, 1.54) is 17.0 Å². The summed E-state index contributed by atoms with van der Waals surface area (Å²) in [4.78, 5) is 20.5. The SMILES string of the molecule is Cn1cc(N2CC(O)=C(c3nc4cc(F)ccc4c(=O)[nH]3)C2=N)cn1. The van der Waals surface area contributed by atoms with Crippen LogP contribution < -0.4 is 10.5 Å². The first-order valence-electron chi connectivity index (χ1n) is 7.41. The summed E-state index contributed by atoms with van der Waals surface area (Å²) >= 11 is 0. The number of H-pyrrole nitrogens is 1. The third kappa shape index (κ3) is 2.36. The lowest BCUT2D eigenvalue weighted by molar-refractivity contribution is 0.411. The first kappa shape index (κ1) is 15.1.